The van der Waals surface area contributed by atoms with Gasteiger partial charge in [-0.05, 0) is 33.1 Å². The van der Waals surface area contributed by atoms with E-state index < -0.39 is 37.8 Å². The lowest BCUT2D eigenvalue weighted by Crippen LogP contribution is -2.55. The Balaban J connectivity index is 2.18. The summed E-state index contributed by atoms with van der Waals surface area (Å²) < 4.78 is 23.9. The Morgan fingerprint density at radius 3 is 2.30 bits per heavy atom. The number of hydrogen-bond donors (Lipinski definition) is 5. The number of aliphatic hydroxyl groups excluding tert-OH is 1. The van der Waals surface area contributed by atoms with Crippen LogP contribution in [0, 0.1) is 11.8 Å². The van der Waals surface area contributed by atoms with Crippen molar-refractivity contribution >= 4 is 25.4 Å². The number of rotatable bonds is 14. The average molecular weight is 492 g/mol. The van der Waals surface area contributed by atoms with Crippen molar-refractivity contribution in [3.63, 3.8) is 0 Å². The minimum absolute atomic E-state index is 0.115. The van der Waals surface area contributed by atoms with E-state index in [1.807, 2.05) is 0 Å². The molecule has 0 aromatic heterocycles. The topological polar surface area (TPSA) is 163 Å². The number of carbonyl (C=O) groups excluding carboxylic acids is 2. The zero-order chi connectivity index (χ0) is 24.4. The molecular formula is C21H38N3O8P. The second kappa shape index (κ2) is 13.4. The van der Waals surface area contributed by atoms with Gasteiger partial charge in [-0.2, -0.15) is 0 Å². The summed E-state index contributed by atoms with van der Waals surface area (Å²) in [5.74, 6) is -1.46. The van der Waals surface area contributed by atoms with E-state index >= 15 is 0 Å². The van der Waals surface area contributed by atoms with Crippen LogP contribution in [0.2, 0.25) is 0 Å². The van der Waals surface area contributed by atoms with Crippen LogP contribution in [0.25, 0.3) is 0 Å². The van der Waals surface area contributed by atoms with Crippen LogP contribution in [0.4, 0.5) is 4.79 Å². The first kappa shape index (κ1) is 27.7. The molecule has 190 valence electrons. The largest absolute Gasteiger partial charge is 0.465 e. The smallest absolute Gasteiger partial charge is 0.405 e. The zero-order valence-corrected chi connectivity index (χ0v) is 20.4. The quantitative estimate of drug-likeness (QED) is 0.227. The molecule has 1 saturated carbocycles. The van der Waals surface area contributed by atoms with Crippen LogP contribution in [0.3, 0.4) is 0 Å². The molecule has 1 aliphatic heterocycles. The molecule has 0 aromatic rings. The maximum atomic E-state index is 13.2. The standard InChI is InChI=1S/C21H38N3O8P/c1-3-31-33(30,32-4-2)13-17(19(26)15-10-11-22-20(15)27)23-12-16(24-21(28)29)18(25)14-8-6-5-7-9-14/h14-17,19,23-24,26H,3-13H2,1-2H3,(H,22,27)(H,28,29)/t15-,16-,17+,19?/m0/s1. The first-order valence-electron chi connectivity index (χ1n) is 11.8. The van der Waals surface area contributed by atoms with Crippen LogP contribution in [0.15, 0.2) is 0 Å². The second-order valence-electron chi connectivity index (χ2n) is 8.56. The van der Waals surface area contributed by atoms with Gasteiger partial charge in [0.15, 0.2) is 5.78 Å². The second-order valence-corrected chi connectivity index (χ2v) is 10.7. The lowest BCUT2D eigenvalue weighted by Gasteiger charge is -2.32. The van der Waals surface area contributed by atoms with Gasteiger partial charge in [0.2, 0.25) is 5.91 Å². The van der Waals surface area contributed by atoms with E-state index in [1.165, 1.54) is 0 Å². The predicted molar refractivity (Wildman–Crippen MR) is 121 cm³/mol. The third-order valence-corrected chi connectivity index (χ3v) is 8.36. The number of aliphatic hydroxyl groups is 1. The van der Waals surface area contributed by atoms with Gasteiger partial charge in [-0.15, -0.1) is 0 Å². The number of nitrogens with one attached hydrogen (secondary N) is 3. The van der Waals surface area contributed by atoms with E-state index in [2.05, 4.69) is 16.0 Å². The molecular weight excluding hydrogens is 453 g/mol. The van der Waals surface area contributed by atoms with Crippen LogP contribution >= 0.6 is 7.60 Å². The van der Waals surface area contributed by atoms with E-state index in [4.69, 9.17) is 9.05 Å². The molecule has 2 fully saturated rings. The van der Waals surface area contributed by atoms with Gasteiger partial charge >= 0.3 is 13.7 Å². The summed E-state index contributed by atoms with van der Waals surface area (Å²) in [7, 11) is -3.60. The fourth-order valence-electron chi connectivity index (χ4n) is 4.60. The first-order chi connectivity index (χ1) is 15.7. The van der Waals surface area contributed by atoms with E-state index in [9.17, 15) is 29.2 Å². The van der Waals surface area contributed by atoms with Crippen LogP contribution in [-0.4, -0.2) is 78.6 Å². The molecule has 1 heterocycles. The van der Waals surface area contributed by atoms with Crippen molar-refractivity contribution < 1.29 is 38.2 Å². The third-order valence-electron chi connectivity index (χ3n) is 6.22. The molecule has 11 nitrogen and oxygen atoms in total. The Bertz CT molecular complexity index is 706. The summed E-state index contributed by atoms with van der Waals surface area (Å²) in [6.07, 6.45) is 1.97. The van der Waals surface area contributed by atoms with Crippen molar-refractivity contribution in [1.29, 1.82) is 0 Å². The maximum Gasteiger partial charge on any atom is 0.405 e. The van der Waals surface area contributed by atoms with Gasteiger partial charge in [-0.3, -0.25) is 14.2 Å². The molecule has 4 atom stereocenters. The number of hydrogen-bond acceptors (Lipinski definition) is 8. The third kappa shape index (κ3) is 8.33. The van der Waals surface area contributed by atoms with E-state index in [0.29, 0.717) is 13.0 Å². The van der Waals surface area contributed by atoms with Gasteiger partial charge < -0.3 is 35.2 Å². The Labute approximate surface area is 194 Å². The molecule has 12 heteroatoms. The van der Waals surface area contributed by atoms with Gasteiger partial charge in [0, 0.05) is 25.0 Å². The summed E-state index contributed by atoms with van der Waals surface area (Å²) in [5, 5.41) is 28.2. The molecule has 0 radical (unpaired) electrons. The van der Waals surface area contributed by atoms with Crippen molar-refractivity contribution in [3.05, 3.63) is 0 Å². The summed E-state index contributed by atoms with van der Waals surface area (Å²) in [6.45, 7) is 3.91. The average Bonchev–Trinajstić information content (AvgIpc) is 3.21. The molecule has 1 saturated heterocycles. The molecule has 1 aliphatic carbocycles. The number of carbonyl (C=O) groups is 3. The van der Waals surface area contributed by atoms with Crippen LogP contribution in [0.5, 0.6) is 0 Å². The Morgan fingerprint density at radius 1 is 1.15 bits per heavy atom. The van der Waals surface area contributed by atoms with Gasteiger partial charge in [-0.1, -0.05) is 19.3 Å². The van der Waals surface area contributed by atoms with Crippen molar-refractivity contribution in [2.24, 2.45) is 11.8 Å². The van der Waals surface area contributed by atoms with Gasteiger partial charge in [0.25, 0.3) is 0 Å². The minimum Gasteiger partial charge on any atom is -0.465 e. The molecule has 0 bridgehead atoms. The monoisotopic (exact) mass is 491 g/mol. The first-order valence-corrected chi connectivity index (χ1v) is 13.5. The Kier molecular flexibility index (Phi) is 11.2. The number of Topliss-reactive ketones (excluding diaryl/α,β-unsaturated/α-hetero) is 1. The fourth-order valence-corrected chi connectivity index (χ4v) is 6.50. The summed E-state index contributed by atoms with van der Waals surface area (Å²) >= 11 is 0. The molecule has 0 spiro atoms. The molecule has 33 heavy (non-hydrogen) atoms. The molecule has 2 aliphatic rings. The van der Waals surface area contributed by atoms with E-state index in [1.54, 1.807) is 13.8 Å². The van der Waals surface area contributed by atoms with Crippen molar-refractivity contribution in [2.45, 2.75) is 70.6 Å². The highest BCUT2D eigenvalue weighted by molar-refractivity contribution is 7.53. The normalized spacial score (nSPS) is 22.4. The zero-order valence-electron chi connectivity index (χ0n) is 19.5. The minimum atomic E-state index is -3.60. The van der Waals surface area contributed by atoms with Gasteiger partial charge in [0.05, 0.1) is 31.4 Å². The summed E-state index contributed by atoms with van der Waals surface area (Å²) in [4.78, 5) is 36.5. The molecule has 1 unspecified atom stereocenters. The maximum absolute atomic E-state index is 13.2. The van der Waals surface area contributed by atoms with Crippen molar-refractivity contribution in [2.75, 3.05) is 32.5 Å². The Hall–Kier alpha value is -1.52. The number of amides is 2. The Morgan fingerprint density at radius 2 is 1.79 bits per heavy atom. The highest BCUT2D eigenvalue weighted by Crippen LogP contribution is 2.49. The highest BCUT2D eigenvalue weighted by Gasteiger charge is 2.41. The molecule has 0 aromatic carbocycles. The number of carboxylic acid groups (broad SMARTS) is 1. The van der Waals surface area contributed by atoms with E-state index in [0.717, 1.165) is 32.1 Å². The lowest BCUT2D eigenvalue weighted by atomic mass is 9.83. The molecule has 2 rings (SSSR count). The van der Waals surface area contributed by atoms with Crippen LogP contribution in [0.1, 0.15) is 52.4 Å². The van der Waals surface area contributed by atoms with Gasteiger partial charge in [-0.25, -0.2) is 4.79 Å². The van der Waals surface area contributed by atoms with Crippen LogP contribution in [-0.2, 0) is 23.2 Å². The summed E-state index contributed by atoms with van der Waals surface area (Å²) in [5.41, 5.74) is 0. The molecule has 5 N–H and O–H groups in total. The van der Waals surface area contributed by atoms with Crippen molar-refractivity contribution in [1.82, 2.24) is 16.0 Å². The molecule has 2 amide bonds. The lowest BCUT2D eigenvalue weighted by molar-refractivity contribution is -0.127. The highest BCUT2D eigenvalue weighted by atomic mass is 31.2. The predicted octanol–water partition coefficient (Wildman–Crippen LogP) is 1.49. The number of ketones is 1. The van der Waals surface area contributed by atoms with Crippen LogP contribution < -0.4 is 16.0 Å². The van der Waals surface area contributed by atoms with Gasteiger partial charge in [0.1, 0.15) is 6.04 Å². The summed E-state index contributed by atoms with van der Waals surface area (Å²) in [6, 6.07) is -1.95. The SMILES string of the molecule is CCOP(=O)(C[C@@H](NC[C@H](NC(=O)O)C(=O)C1CCCCC1)C(O)[C@@H]1CCNC1=O)OCC. The fraction of sp³-hybridized carbons (Fsp3) is 0.857. The van der Waals surface area contributed by atoms with E-state index in [-0.39, 0.29) is 43.5 Å². The van der Waals surface area contributed by atoms with Crippen molar-refractivity contribution in [3.8, 4) is 0 Å².